The number of imidazole rings is 1. The number of H-pyrrole nitrogens is 1. The maximum absolute atomic E-state index is 11.7. The van der Waals surface area contributed by atoms with Gasteiger partial charge in [0.25, 0.3) is 0 Å². The Balaban J connectivity index is 1.76. The molecule has 20 heavy (non-hydrogen) atoms. The maximum Gasteiger partial charge on any atom is 0.373 e. The number of aromatic amines is 1. The lowest BCUT2D eigenvalue weighted by Gasteiger charge is -2.04. The standard InChI is InChI=1S/C13H18N4O2S/c1-2-3-4-5-6-7-19-13(18)20-12-10-11(15-8-14-10)16-9-17-12/h8-9H,2-7H2,1H3,(H,14,15,16,17). The summed E-state index contributed by atoms with van der Waals surface area (Å²) in [5.74, 6) is 0. The third-order valence-electron chi connectivity index (χ3n) is 2.84. The fourth-order valence-electron chi connectivity index (χ4n) is 1.79. The molecule has 0 unspecified atom stereocenters. The highest BCUT2D eigenvalue weighted by Gasteiger charge is 2.12. The van der Waals surface area contributed by atoms with Crippen LogP contribution in [0.1, 0.15) is 39.0 Å². The number of hydrogen-bond acceptors (Lipinski definition) is 6. The molecule has 0 aliphatic heterocycles. The first-order valence-corrected chi connectivity index (χ1v) is 7.61. The molecule has 6 nitrogen and oxygen atoms in total. The van der Waals surface area contributed by atoms with E-state index in [0.717, 1.165) is 24.6 Å². The number of fused-ring (bicyclic) bond motifs is 1. The minimum atomic E-state index is -0.338. The Labute approximate surface area is 121 Å². The molecule has 0 aliphatic carbocycles. The van der Waals surface area contributed by atoms with Gasteiger partial charge < -0.3 is 9.72 Å². The van der Waals surface area contributed by atoms with Gasteiger partial charge in [0.2, 0.25) is 0 Å². The van der Waals surface area contributed by atoms with Crippen molar-refractivity contribution >= 4 is 28.2 Å². The summed E-state index contributed by atoms with van der Waals surface area (Å²) in [5.41, 5.74) is 1.22. The molecule has 2 aromatic rings. The lowest BCUT2D eigenvalue weighted by molar-refractivity contribution is 0.172. The molecule has 108 valence electrons. The van der Waals surface area contributed by atoms with Gasteiger partial charge >= 0.3 is 5.30 Å². The molecule has 0 spiro atoms. The molecule has 2 rings (SSSR count). The third kappa shape index (κ3) is 4.19. The average Bonchev–Trinajstić information content (AvgIpc) is 2.92. The average molecular weight is 294 g/mol. The van der Waals surface area contributed by atoms with Crippen molar-refractivity contribution in [2.24, 2.45) is 0 Å². The second-order valence-electron chi connectivity index (χ2n) is 4.39. The van der Waals surface area contributed by atoms with Crippen LogP contribution in [0, 0.1) is 0 Å². The molecule has 0 radical (unpaired) electrons. The normalized spacial score (nSPS) is 10.8. The zero-order valence-electron chi connectivity index (χ0n) is 11.5. The van der Waals surface area contributed by atoms with Crippen molar-refractivity contribution in [1.82, 2.24) is 19.9 Å². The Kier molecular flexibility index (Phi) is 5.79. The molecule has 0 bridgehead atoms. The SMILES string of the molecule is CCCCCCCOC(=O)Sc1ncnc2nc[nH]c12. The van der Waals surface area contributed by atoms with Crippen LogP contribution in [-0.4, -0.2) is 31.8 Å². The molecule has 0 aromatic carbocycles. The van der Waals surface area contributed by atoms with Gasteiger partial charge in [-0.1, -0.05) is 32.6 Å². The molecule has 0 saturated carbocycles. The van der Waals surface area contributed by atoms with Crippen molar-refractivity contribution in [3.63, 3.8) is 0 Å². The largest absolute Gasteiger partial charge is 0.457 e. The summed E-state index contributed by atoms with van der Waals surface area (Å²) < 4.78 is 5.18. The molecule has 2 heterocycles. The van der Waals surface area contributed by atoms with Crippen LogP contribution in [0.15, 0.2) is 17.7 Å². The van der Waals surface area contributed by atoms with E-state index in [1.165, 1.54) is 31.9 Å². The molecule has 0 amide bonds. The number of rotatable bonds is 7. The predicted octanol–water partition coefficient (Wildman–Crippen LogP) is 3.55. The number of ether oxygens (including phenoxy) is 1. The van der Waals surface area contributed by atoms with E-state index >= 15 is 0 Å². The summed E-state index contributed by atoms with van der Waals surface area (Å²) in [5, 5.41) is 0.207. The minimum absolute atomic E-state index is 0.338. The molecule has 0 aliphatic rings. The summed E-state index contributed by atoms with van der Waals surface area (Å²) in [7, 11) is 0. The molecule has 7 heteroatoms. The molecule has 2 aromatic heterocycles. The van der Waals surface area contributed by atoms with Crippen LogP contribution >= 0.6 is 11.8 Å². The molecular formula is C13H18N4O2S. The van der Waals surface area contributed by atoms with E-state index in [1.807, 2.05) is 0 Å². The number of nitrogens with zero attached hydrogens (tertiary/aromatic N) is 3. The van der Waals surface area contributed by atoms with Crippen LogP contribution in [0.5, 0.6) is 0 Å². The third-order valence-corrected chi connectivity index (χ3v) is 3.62. The highest BCUT2D eigenvalue weighted by molar-refractivity contribution is 8.13. The highest BCUT2D eigenvalue weighted by atomic mass is 32.2. The number of nitrogens with one attached hydrogen (secondary N) is 1. The summed E-state index contributed by atoms with van der Waals surface area (Å²) in [6.07, 6.45) is 8.58. The topological polar surface area (TPSA) is 80.8 Å². The predicted molar refractivity (Wildman–Crippen MR) is 77.6 cm³/mol. The van der Waals surface area contributed by atoms with E-state index in [-0.39, 0.29) is 5.30 Å². The van der Waals surface area contributed by atoms with Gasteiger partial charge in [-0.15, -0.1) is 0 Å². The smallest absolute Gasteiger partial charge is 0.373 e. The highest BCUT2D eigenvalue weighted by Crippen LogP contribution is 2.23. The first kappa shape index (κ1) is 14.8. The van der Waals surface area contributed by atoms with Crippen LogP contribution in [0.2, 0.25) is 0 Å². The van der Waals surface area contributed by atoms with Crippen LogP contribution in [0.25, 0.3) is 11.2 Å². The van der Waals surface area contributed by atoms with Gasteiger partial charge in [0.05, 0.1) is 12.9 Å². The lowest BCUT2D eigenvalue weighted by Crippen LogP contribution is -2.00. The minimum Gasteiger partial charge on any atom is -0.457 e. The number of aromatic nitrogens is 4. The van der Waals surface area contributed by atoms with Crippen molar-refractivity contribution < 1.29 is 9.53 Å². The molecule has 0 saturated heterocycles. The van der Waals surface area contributed by atoms with Gasteiger partial charge in [-0.25, -0.2) is 19.7 Å². The quantitative estimate of drug-likeness (QED) is 0.364. The van der Waals surface area contributed by atoms with Gasteiger partial charge in [0.15, 0.2) is 5.65 Å². The number of unbranched alkanes of at least 4 members (excludes halogenated alkanes) is 4. The number of carbonyl (C=O) groups is 1. The summed E-state index contributed by atoms with van der Waals surface area (Å²) in [6, 6.07) is 0. The first-order valence-electron chi connectivity index (χ1n) is 6.80. The van der Waals surface area contributed by atoms with Crippen molar-refractivity contribution in [3.8, 4) is 0 Å². The van der Waals surface area contributed by atoms with Crippen molar-refractivity contribution in [3.05, 3.63) is 12.7 Å². The van der Waals surface area contributed by atoms with Crippen molar-refractivity contribution in [2.75, 3.05) is 6.61 Å². The Bertz CT molecular complexity index is 558. The van der Waals surface area contributed by atoms with E-state index in [4.69, 9.17) is 4.74 Å². The van der Waals surface area contributed by atoms with Gasteiger partial charge in [-0.2, -0.15) is 0 Å². The number of thioether (sulfide) groups is 1. The van der Waals surface area contributed by atoms with E-state index < -0.39 is 0 Å². The van der Waals surface area contributed by atoms with Gasteiger partial charge in [-0.3, -0.25) is 0 Å². The van der Waals surface area contributed by atoms with E-state index in [9.17, 15) is 4.79 Å². The van der Waals surface area contributed by atoms with Gasteiger partial charge in [-0.05, 0) is 6.42 Å². The Morgan fingerprint density at radius 2 is 2.10 bits per heavy atom. The Morgan fingerprint density at radius 3 is 2.95 bits per heavy atom. The maximum atomic E-state index is 11.7. The summed E-state index contributed by atoms with van der Waals surface area (Å²) in [4.78, 5) is 26.7. The monoisotopic (exact) mass is 294 g/mol. The van der Waals surface area contributed by atoms with Gasteiger partial charge in [0.1, 0.15) is 16.9 Å². The van der Waals surface area contributed by atoms with E-state index in [2.05, 4.69) is 26.9 Å². The molecule has 0 atom stereocenters. The Morgan fingerprint density at radius 1 is 1.25 bits per heavy atom. The Hall–Kier alpha value is -1.63. The second-order valence-corrected chi connectivity index (χ2v) is 5.32. The van der Waals surface area contributed by atoms with Crippen LogP contribution in [0.4, 0.5) is 4.79 Å². The van der Waals surface area contributed by atoms with E-state index in [1.54, 1.807) is 0 Å². The number of carbonyl (C=O) groups excluding carboxylic acids is 1. The lowest BCUT2D eigenvalue weighted by atomic mass is 10.2. The fourth-order valence-corrected chi connectivity index (χ4v) is 2.44. The summed E-state index contributed by atoms with van der Waals surface area (Å²) in [6.45, 7) is 2.64. The zero-order valence-corrected chi connectivity index (χ0v) is 12.3. The van der Waals surface area contributed by atoms with Crippen molar-refractivity contribution in [1.29, 1.82) is 0 Å². The molecule has 0 fully saturated rings. The van der Waals surface area contributed by atoms with Crippen molar-refractivity contribution in [2.45, 2.75) is 44.1 Å². The van der Waals surface area contributed by atoms with Gasteiger partial charge in [0, 0.05) is 11.8 Å². The molecular weight excluding hydrogens is 276 g/mol. The zero-order chi connectivity index (χ0) is 14.2. The fraction of sp³-hybridized carbons (Fsp3) is 0.538. The van der Waals surface area contributed by atoms with E-state index in [0.29, 0.717) is 22.8 Å². The molecule has 1 N–H and O–H groups in total. The number of hydrogen-bond donors (Lipinski definition) is 1. The van der Waals surface area contributed by atoms with Crippen LogP contribution in [-0.2, 0) is 4.74 Å². The van der Waals surface area contributed by atoms with Crippen LogP contribution in [0.3, 0.4) is 0 Å². The van der Waals surface area contributed by atoms with Crippen LogP contribution < -0.4 is 0 Å². The second kappa shape index (κ2) is 7.84. The first-order chi connectivity index (χ1) is 9.81. The summed E-state index contributed by atoms with van der Waals surface area (Å²) >= 11 is 0.963.